The highest BCUT2D eigenvalue weighted by molar-refractivity contribution is 6.31. The van der Waals surface area contributed by atoms with Gasteiger partial charge in [0.15, 0.2) is 0 Å². The molecule has 0 spiro atoms. The van der Waals surface area contributed by atoms with Crippen molar-refractivity contribution in [3.05, 3.63) is 21.0 Å². The molecule has 0 aromatic carbocycles. The number of nitrogens with zero attached hydrogens (tertiary/aromatic N) is 3. The molecule has 15 heavy (non-hydrogen) atoms. The molecule has 0 aliphatic heterocycles. The minimum absolute atomic E-state index is 0.0352. The van der Waals surface area contributed by atoms with E-state index in [1.165, 1.54) is 4.68 Å². The van der Waals surface area contributed by atoms with Crippen molar-refractivity contribution in [1.29, 1.82) is 0 Å². The number of aromatic nitrogens is 2. The largest absolute Gasteiger partial charge is 0.329 e. The lowest BCUT2D eigenvalue weighted by molar-refractivity contribution is -0.385. The zero-order valence-electron chi connectivity index (χ0n) is 8.86. The van der Waals surface area contributed by atoms with Gasteiger partial charge in [0.05, 0.1) is 4.92 Å². The summed E-state index contributed by atoms with van der Waals surface area (Å²) in [5.74, 6) is 0. The van der Waals surface area contributed by atoms with Gasteiger partial charge in [0.2, 0.25) is 5.15 Å². The minimum Gasteiger partial charge on any atom is -0.258 e. The van der Waals surface area contributed by atoms with Gasteiger partial charge in [-0.25, -0.2) is 4.68 Å². The van der Waals surface area contributed by atoms with E-state index in [4.69, 9.17) is 11.6 Å². The van der Waals surface area contributed by atoms with Gasteiger partial charge in [0.25, 0.3) is 0 Å². The third-order valence-corrected chi connectivity index (χ3v) is 2.42. The van der Waals surface area contributed by atoms with E-state index in [9.17, 15) is 10.1 Å². The molecule has 1 rings (SSSR count). The van der Waals surface area contributed by atoms with Crippen molar-refractivity contribution < 1.29 is 4.92 Å². The second-order valence-electron chi connectivity index (χ2n) is 3.32. The molecule has 0 aliphatic rings. The number of nitro groups is 1. The molecule has 0 aliphatic carbocycles. The van der Waals surface area contributed by atoms with Gasteiger partial charge in [-0.15, -0.1) is 0 Å². The van der Waals surface area contributed by atoms with Crippen molar-refractivity contribution in [2.24, 2.45) is 0 Å². The predicted molar refractivity (Wildman–Crippen MR) is 58.2 cm³/mol. The molecule has 0 bridgehead atoms. The Morgan fingerprint density at radius 3 is 2.60 bits per heavy atom. The van der Waals surface area contributed by atoms with Gasteiger partial charge < -0.3 is 0 Å². The Morgan fingerprint density at radius 2 is 2.13 bits per heavy atom. The summed E-state index contributed by atoms with van der Waals surface area (Å²) in [6.45, 7) is 4.54. The molecule has 0 atom stereocenters. The summed E-state index contributed by atoms with van der Waals surface area (Å²) in [5, 5.41) is 15.1. The number of halogens is 1. The molecule has 5 nitrogen and oxygen atoms in total. The third kappa shape index (κ3) is 2.47. The summed E-state index contributed by atoms with van der Waals surface area (Å²) < 4.78 is 1.50. The molecule has 1 aromatic heterocycles. The summed E-state index contributed by atoms with van der Waals surface area (Å²) in [6, 6.07) is 0. The van der Waals surface area contributed by atoms with Crippen LogP contribution in [-0.4, -0.2) is 14.7 Å². The van der Waals surface area contributed by atoms with Gasteiger partial charge in [-0.05, 0) is 12.8 Å². The van der Waals surface area contributed by atoms with E-state index < -0.39 is 4.92 Å². The molecule has 0 unspecified atom stereocenters. The van der Waals surface area contributed by atoms with E-state index in [1.54, 1.807) is 0 Å². The fraction of sp³-hybridized carbons (Fsp3) is 0.667. The number of hydrogen-bond acceptors (Lipinski definition) is 3. The standard InChI is InChI=1S/C9H14ClN3O2/c1-3-5-7-8(13(14)15)9(10)12(11-7)6-4-2/h3-6H2,1-2H3. The van der Waals surface area contributed by atoms with Gasteiger partial charge in [0, 0.05) is 6.54 Å². The van der Waals surface area contributed by atoms with Crippen LogP contribution in [0.5, 0.6) is 0 Å². The highest BCUT2D eigenvalue weighted by Crippen LogP contribution is 2.29. The van der Waals surface area contributed by atoms with Gasteiger partial charge in [0.1, 0.15) is 5.69 Å². The van der Waals surface area contributed by atoms with Crippen molar-refractivity contribution in [1.82, 2.24) is 9.78 Å². The van der Waals surface area contributed by atoms with Crippen LogP contribution in [-0.2, 0) is 13.0 Å². The fourth-order valence-corrected chi connectivity index (χ4v) is 1.72. The maximum absolute atomic E-state index is 10.8. The molecule has 0 fully saturated rings. The smallest absolute Gasteiger partial charge is 0.258 e. The van der Waals surface area contributed by atoms with E-state index in [2.05, 4.69) is 5.10 Å². The van der Waals surface area contributed by atoms with Crippen molar-refractivity contribution in [2.75, 3.05) is 0 Å². The van der Waals surface area contributed by atoms with Gasteiger partial charge in [-0.2, -0.15) is 5.10 Å². The average molecular weight is 232 g/mol. The first-order chi connectivity index (χ1) is 7.11. The van der Waals surface area contributed by atoms with Crippen LogP contribution >= 0.6 is 11.6 Å². The van der Waals surface area contributed by atoms with Crippen LogP contribution in [0, 0.1) is 10.1 Å². The first-order valence-electron chi connectivity index (χ1n) is 5.01. The monoisotopic (exact) mass is 231 g/mol. The molecular weight excluding hydrogens is 218 g/mol. The van der Waals surface area contributed by atoms with Crippen LogP contribution in [0.2, 0.25) is 5.15 Å². The van der Waals surface area contributed by atoms with Crippen molar-refractivity contribution in [3.63, 3.8) is 0 Å². The zero-order chi connectivity index (χ0) is 11.4. The lowest BCUT2D eigenvalue weighted by Gasteiger charge is -1.96. The van der Waals surface area contributed by atoms with Crippen LogP contribution in [0.15, 0.2) is 0 Å². The Bertz CT molecular complexity index is 362. The van der Waals surface area contributed by atoms with Crippen LogP contribution in [0.3, 0.4) is 0 Å². The molecule has 0 amide bonds. The Balaban J connectivity index is 3.13. The molecule has 84 valence electrons. The molecule has 0 saturated carbocycles. The topological polar surface area (TPSA) is 61.0 Å². The predicted octanol–water partition coefficient (Wildman–Crippen LogP) is 2.81. The van der Waals surface area contributed by atoms with Crippen molar-refractivity contribution in [3.8, 4) is 0 Å². The number of aryl methyl sites for hydroxylation is 2. The summed E-state index contributed by atoms with van der Waals surface area (Å²) in [4.78, 5) is 10.4. The SMILES string of the molecule is CCCc1nn(CCC)c(Cl)c1[N+](=O)[O-]. The second kappa shape index (κ2) is 5.11. The molecule has 6 heteroatoms. The fourth-order valence-electron chi connectivity index (χ4n) is 1.42. The zero-order valence-corrected chi connectivity index (χ0v) is 9.62. The summed E-state index contributed by atoms with van der Waals surface area (Å²) >= 11 is 5.90. The average Bonchev–Trinajstić information content (AvgIpc) is 2.45. The first kappa shape index (κ1) is 12.0. The van der Waals surface area contributed by atoms with E-state index in [0.717, 1.165) is 12.8 Å². The normalized spacial score (nSPS) is 10.6. The minimum atomic E-state index is -0.452. The van der Waals surface area contributed by atoms with Crippen LogP contribution in [0.1, 0.15) is 32.4 Å². The van der Waals surface area contributed by atoms with E-state index in [0.29, 0.717) is 18.7 Å². The second-order valence-corrected chi connectivity index (χ2v) is 3.67. The molecule has 0 radical (unpaired) electrons. The lowest BCUT2D eigenvalue weighted by atomic mass is 10.2. The van der Waals surface area contributed by atoms with Crippen molar-refractivity contribution in [2.45, 2.75) is 39.7 Å². The summed E-state index contributed by atoms with van der Waals surface area (Å²) in [7, 11) is 0. The molecule has 0 saturated heterocycles. The Kier molecular flexibility index (Phi) is 4.08. The van der Waals surface area contributed by atoms with E-state index >= 15 is 0 Å². The Labute approximate surface area is 93.2 Å². The summed E-state index contributed by atoms with van der Waals surface area (Å²) in [5.41, 5.74) is 0.452. The molecule has 1 aromatic rings. The van der Waals surface area contributed by atoms with E-state index in [1.807, 2.05) is 13.8 Å². The quantitative estimate of drug-likeness (QED) is 0.578. The van der Waals surface area contributed by atoms with Gasteiger partial charge in [-0.1, -0.05) is 31.9 Å². The maximum atomic E-state index is 10.8. The highest BCUT2D eigenvalue weighted by Gasteiger charge is 2.25. The van der Waals surface area contributed by atoms with E-state index in [-0.39, 0.29) is 10.8 Å². The highest BCUT2D eigenvalue weighted by atomic mass is 35.5. The Hall–Kier alpha value is -1.10. The van der Waals surface area contributed by atoms with Crippen molar-refractivity contribution >= 4 is 17.3 Å². The number of hydrogen-bond donors (Lipinski definition) is 0. The van der Waals surface area contributed by atoms with Crippen LogP contribution in [0.4, 0.5) is 5.69 Å². The molecule has 1 heterocycles. The van der Waals surface area contributed by atoms with Gasteiger partial charge in [-0.3, -0.25) is 10.1 Å². The third-order valence-electron chi connectivity index (χ3n) is 2.04. The van der Waals surface area contributed by atoms with Gasteiger partial charge >= 0.3 is 5.69 Å². The number of rotatable bonds is 5. The molecular formula is C9H14ClN3O2. The van der Waals surface area contributed by atoms with Crippen LogP contribution < -0.4 is 0 Å². The lowest BCUT2D eigenvalue weighted by Crippen LogP contribution is -1.99. The molecule has 0 N–H and O–H groups in total. The summed E-state index contributed by atoms with van der Waals surface area (Å²) in [6.07, 6.45) is 2.26. The first-order valence-corrected chi connectivity index (χ1v) is 5.39. The maximum Gasteiger partial charge on any atom is 0.329 e. The Morgan fingerprint density at radius 1 is 1.47 bits per heavy atom. The van der Waals surface area contributed by atoms with Crippen LogP contribution in [0.25, 0.3) is 0 Å².